The number of nitrogens with two attached hydrogens (primary N) is 1. The van der Waals surface area contributed by atoms with E-state index in [4.69, 9.17) is 10.3 Å². The fourth-order valence-corrected chi connectivity index (χ4v) is 2.00. The molecule has 0 bridgehead atoms. The van der Waals surface area contributed by atoms with Crippen molar-refractivity contribution in [2.24, 2.45) is 11.7 Å². The van der Waals surface area contributed by atoms with E-state index in [2.05, 4.69) is 5.16 Å². The average Bonchev–Trinajstić information content (AvgIpc) is 2.75. The molecule has 0 aliphatic carbocycles. The maximum absolute atomic E-state index is 12.0. The maximum atomic E-state index is 12.0. The number of likely N-dealkylation sites (tertiary alicyclic amines) is 1. The zero-order chi connectivity index (χ0) is 11.5. The lowest BCUT2D eigenvalue weighted by Crippen LogP contribution is -2.40. The first-order valence-electron chi connectivity index (χ1n) is 5.63. The Morgan fingerprint density at radius 3 is 2.81 bits per heavy atom. The van der Waals surface area contributed by atoms with Gasteiger partial charge in [-0.3, -0.25) is 4.79 Å². The molecule has 88 valence electrons. The van der Waals surface area contributed by atoms with Crippen molar-refractivity contribution in [1.82, 2.24) is 10.1 Å². The number of amides is 1. The SMILES string of the molecule is Cc1cc(C(=O)N2CCC(CN)CC2)no1. The van der Waals surface area contributed by atoms with Crippen molar-refractivity contribution in [1.29, 1.82) is 0 Å². The van der Waals surface area contributed by atoms with Crippen LogP contribution in [0, 0.1) is 12.8 Å². The largest absolute Gasteiger partial charge is 0.361 e. The Labute approximate surface area is 94.6 Å². The molecule has 1 saturated heterocycles. The van der Waals surface area contributed by atoms with Crippen molar-refractivity contribution >= 4 is 5.91 Å². The quantitative estimate of drug-likeness (QED) is 0.804. The van der Waals surface area contributed by atoms with Gasteiger partial charge in [-0.15, -0.1) is 0 Å². The van der Waals surface area contributed by atoms with Gasteiger partial charge in [-0.2, -0.15) is 0 Å². The van der Waals surface area contributed by atoms with Crippen LogP contribution >= 0.6 is 0 Å². The maximum Gasteiger partial charge on any atom is 0.276 e. The van der Waals surface area contributed by atoms with Crippen LogP contribution in [0.4, 0.5) is 0 Å². The van der Waals surface area contributed by atoms with E-state index in [0.717, 1.165) is 25.9 Å². The van der Waals surface area contributed by atoms with Gasteiger partial charge in [-0.1, -0.05) is 5.16 Å². The Morgan fingerprint density at radius 2 is 2.31 bits per heavy atom. The number of aryl methyl sites for hydroxylation is 1. The van der Waals surface area contributed by atoms with E-state index < -0.39 is 0 Å². The second-order valence-electron chi connectivity index (χ2n) is 4.29. The molecule has 2 N–H and O–H groups in total. The Morgan fingerprint density at radius 1 is 1.62 bits per heavy atom. The van der Waals surface area contributed by atoms with Crippen molar-refractivity contribution in [2.75, 3.05) is 19.6 Å². The molecular weight excluding hydrogens is 206 g/mol. The highest BCUT2D eigenvalue weighted by molar-refractivity contribution is 5.92. The van der Waals surface area contributed by atoms with E-state index >= 15 is 0 Å². The Hall–Kier alpha value is -1.36. The molecule has 16 heavy (non-hydrogen) atoms. The summed E-state index contributed by atoms with van der Waals surface area (Å²) in [6.07, 6.45) is 1.97. The predicted molar refractivity (Wildman–Crippen MR) is 58.9 cm³/mol. The molecule has 1 aliphatic rings. The number of nitrogens with zero attached hydrogens (tertiary/aromatic N) is 2. The Bertz CT molecular complexity index is 367. The molecule has 1 amide bonds. The molecule has 5 heteroatoms. The second-order valence-corrected chi connectivity index (χ2v) is 4.29. The first-order valence-corrected chi connectivity index (χ1v) is 5.63. The third-order valence-electron chi connectivity index (χ3n) is 3.08. The number of carbonyl (C=O) groups excluding carboxylic acids is 1. The lowest BCUT2D eigenvalue weighted by molar-refractivity contribution is 0.0683. The summed E-state index contributed by atoms with van der Waals surface area (Å²) in [7, 11) is 0. The molecule has 1 aromatic rings. The van der Waals surface area contributed by atoms with Gasteiger partial charge >= 0.3 is 0 Å². The van der Waals surface area contributed by atoms with Gasteiger partial charge in [-0.05, 0) is 32.2 Å². The van der Waals surface area contributed by atoms with Crippen molar-refractivity contribution in [3.05, 3.63) is 17.5 Å². The molecule has 2 heterocycles. The number of aromatic nitrogens is 1. The van der Waals surface area contributed by atoms with Gasteiger partial charge < -0.3 is 15.2 Å². The molecule has 5 nitrogen and oxygen atoms in total. The summed E-state index contributed by atoms with van der Waals surface area (Å²) >= 11 is 0. The van der Waals surface area contributed by atoms with Crippen molar-refractivity contribution in [2.45, 2.75) is 19.8 Å². The van der Waals surface area contributed by atoms with E-state index in [-0.39, 0.29) is 5.91 Å². The lowest BCUT2D eigenvalue weighted by Gasteiger charge is -2.30. The van der Waals surface area contributed by atoms with Crippen LogP contribution in [0.3, 0.4) is 0 Å². The number of rotatable bonds is 2. The van der Waals surface area contributed by atoms with Crippen LogP contribution in [-0.4, -0.2) is 35.6 Å². The van der Waals surface area contributed by atoms with Crippen LogP contribution < -0.4 is 5.73 Å². The standard InChI is InChI=1S/C11H17N3O2/c1-8-6-10(13-16-8)11(15)14-4-2-9(7-12)3-5-14/h6,9H,2-5,7,12H2,1H3. The fourth-order valence-electron chi connectivity index (χ4n) is 2.00. The number of hydrogen-bond acceptors (Lipinski definition) is 4. The minimum Gasteiger partial charge on any atom is -0.361 e. The van der Waals surface area contributed by atoms with Crippen LogP contribution in [0.5, 0.6) is 0 Å². The van der Waals surface area contributed by atoms with E-state index in [1.54, 1.807) is 13.0 Å². The highest BCUT2D eigenvalue weighted by atomic mass is 16.5. The highest BCUT2D eigenvalue weighted by Crippen LogP contribution is 2.17. The van der Waals surface area contributed by atoms with Gasteiger partial charge in [0, 0.05) is 19.2 Å². The molecule has 0 atom stereocenters. The van der Waals surface area contributed by atoms with Crippen LogP contribution in [0.25, 0.3) is 0 Å². The van der Waals surface area contributed by atoms with Gasteiger partial charge in [0.15, 0.2) is 5.69 Å². The van der Waals surface area contributed by atoms with Crippen LogP contribution in [0.1, 0.15) is 29.1 Å². The van der Waals surface area contributed by atoms with Crippen LogP contribution in [0.2, 0.25) is 0 Å². The van der Waals surface area contributed by atoms with Gasteiger partial charge in [0.1, 0.15) is 5.76 Å². The molecule has 1 aromatic heterocycles. The molecule has 1 aliphatic heterocycles. The summed E-state index contributed by atoms with van der Waals surface area (Å²) in [4.78, 5) is 13.8. The third kappa shape index (κ3) is 2.24. The molecule has 0 aromatic carbocycles. The van der Waals surface area contributed by atoms with Gasteiger partial charge in [0.05, 0.1) is 0 Å². The molecule has 0 radical (unpaired) electrons. The van der Waals surface area contributed by atoms with E-state index in [0.29, 0.717) is 23.9 Å². The molecular formula is C11H17N3O2. The number of carbonyl (C=O) groups is 1. The molecule has 2 rings (SSSR count). The topological polar surface area (TPSA) is 72.4 Å². The minimum absolute atomic E-state index is 0.0349. The molecule has 0 unspecified atom stereocenters. The van der Waals surface area contributed by atoms with E-state index in [1.807, 2.05) is 4.90 Å². The summed E-state index contributed by atoms with van der Waals surface area (Å²) in [6.45, 7) is 4.04. The van der Waals surface area contributed by atoms with Crippen molar-refractivity contribution in [3.63, 3.8) is 0 Å². The molecule has 1 fully saturated rings. The van der Waals surface area contributed by atoms with Gasteiger partial charge in [0.25, 0.3) is 5.91 Å². The first-order chi connectivity index (χ1) is 7.70. The number of hydrogen-bond donors (Lipinski definition) is 1. The highest BCUT2D eigenvalue weighted by Gasteiger charge is 2.24. The van der Waals surface area contributed by atoms with Crippen molar-refractivity contribution < 1.29 is 9.32 Å². The first kappa shape index (κ1) is 11.1. The summed E-state index contributed by atoms with van der Waals surface area (Å²) in [5, 5.41) is 3.74. The second kappa shape index (κ2) is 4.65. The average molecular weight is 223 g/mol. The normalized spacial score (nSPS) is 17.8. The van der Waals surface area contributed by atoms with Gasteiger partial charge in [0.2, 0.25) is 0 Å². The van der Waals surface area contributed by atoms with Crippen molar-refractivity contribution in [3.8, 4) is 0 Å². The zero-order valence-corrected chi connectivity index (χ0v) is 9.48. The minimum atomic E-state index is -0.0349. The van der Waals surface area contributed by atoms with Gasteiger partial charge in [-0.25, -0.2) is 0 Å². The van der Waals surface area contributed by atoms with Crippen LogP contribution in [0.15, 0.2) is 10.6 Å². The molecule has 0 spiro atoms. The van der Waals surface area contributed by atoms with E-state index in [1.165, 1.54) is 0 Å². The predicted octanol–water partition coefficient (Wildman–Crippen LogP) is 0.794. The summed E-state index contributed by atoms with van der Waals surface area (Å²) in [6, 6.07) is 1.68. The third-order valence-corrected chi connectivity index (χ3v) is 3.08. The van der Waals surface area contributed by atoms with E-state index in [9.17, 15) is 4.79 Å². The van der Waals surface area contributed by atoms with Crippen LogP contribution in [-0.2, 0) is 0 Å². The summed E-state index contributed by atoms with van der Waals surface area (Å²) in [5.41, 5.74) is 6.01. The Balaban J connectivity index is 1.96. The lowest BCUT2D eigenvalue weighted by atomic mass is 9.97. The summed E-state index contributed by atoms with van der Waals surface area (Å²) in [5.74, 6) is 1.19. The number of piperidine rings is 1. The summed E-state index contributed by atoms with van der Waals surface area (Å²) < 4.78 is 4.90. The fraction of sp³-hybridized carbons (Fsp3) is 0.636. The molecule has 0 saturated carbocycles. The zero-order valence-electron chi connectivity index (χ0n) is 9.48. The Kier molecular flexibility index (Phi) is 3.24. The smallest absolute Gasteiger partial charge is 0.276 e. The monoisotopic (exact) mass is 223 g/mol.